The Balaban J connectivity index is 1.71. The Morgan fingerprint density at radius 2 is 1.94 bits per heavy atom. The van der Waals surface area contributed by atoms with Gasteiger partial charge in [-0.3, -0.25) is 4.79 Å². The highest BCUT2D eigenvalue weighted by atomic mass is 16.2. The zero-order chi connectivity index (χ0) is 13.0. The average molecular weight is 253 g/mol. The zero-order valence-corrected chi connectivity index (χ0v) is 11.8. The summed E-state index contributed by atoms with van der Waals surface area (Å²) < 4.78 is 0. The summed E-state index contributed by atoms with van der Waals surface area (Å²) in [6, 6.07) is 0.509. The topological polar surface area (TPSA) is 35.6 Å². The van der Waals surface area contributed by atoms with Gasteiger partial charge in [-0.1, -0.05) is 6.92 Å². The van der Waals surface area contributed by atoms with Gasteiger partial charge in [-0.15, -0.1) is 0 Å². The van der Waals surface area contributed by atoms with Gasteiger partial charge in [0.1, 0.15) is 0 Å². The standard InChI is InChI=1S/C14H27N3O/c1-12-11-16(2)9-6-13(12)15-10-14(18)17-7-4-3-5-8-17/h12-13,15H,3-11H2,1-2H3. The van der Waals surface area contributed by atoms with E-state index in [1.807, 2.05) is 4.90 Å². The summed E-state index contributed by atoms with van der Waals surface area (Å²) in [7, 11) is 2.17. The fraction of sp³-hybridized carbons (Fsp3) is 0.929. The molecule has 2 aliphatic rings. The summed E-state index contributed by atoms with van der Waals surface area (Å²) in [4.78, 5) is 16.5. The second-order valence-corrected chi connectivity index (χ2v) is 5.96. The Morgan fingerprint density at radius 1 is 1.22 bits per heavy atom. The van der Waals surface area contributed by atoms with Gasteiger partial charge in [-0.2, -0.15) is 0 Å². The fourth-order valence-electron chi connectivity index (χ4n) is 3.13. The monoisotopic (exact) mass is 253 g/mol. The van der Waals surface area contributed by atoms with Crippen molar-refractivity contribution < 1.29 is 4.79 Å². The van der Waals surface area contributed by atoms with Crippen LogP contribution in [-0.2, 0) is 4.79 Å². The molecule has 0 aromatic rings. The molecule has 2 fully saturated rings. The van der Waals surface area contributed by atoms with Crippen molar-refractivity contribution >= 4 is 5.91 Å². The molecule has 0 saturated carbocycles. The maximum atomic E-state index is 12.1. The molecule has 2 heterocycles. The predicted molar refractivity (Wildman–Crippen MR) is 73.5 cm³/mol. The number of hydrogen-bond acceptors (Lipinski definition) is 3. The molecule has 0 aromatic carbocycles. The van der Waals surface area contributed by atoms with Gasteiger partial charge in [0.15, 0.2) is 0 Å². The van der Waals surface area contributed by atoms with E-state index in [2.05, 4.69) is 24.2 Å². The predicted octanol–water partition coefficient (Wildman–Crippen LogP) is 0.929. The lowest BCUT2D eigenvalue weighted by atomic mass is 9.94. The molecule has 2 unspecified atom stereocenters. The molecular formula is C14H27N3O. The molecule has 4 heteroatoms. The molecule has 0 radical (unpaired) electrons. The Morgan fingerprint density at radius 3 is 2.61 bits per heavy atom. The minimum absolute atomic E-state index is 0.292. The van der Waals surface area contributed by atoms with Crippen LogP contribution in [0.4, 0.5) is 0 Å². The van der Waals surface area contributed by atoms with Crippen molar-refractivity contribution in [1.82, 2.24) is 15.1 Å². The van der Waals surface area contributed by atoms with Crippen LogP contribution in [0.25, 0.3) is 0 Å². The molecule has 2 rings (SSSR count). The molecule has 2 atom stereocenters. The SMILES string of the molecule is CC1CN(C)CCC1NCC(=O)N1CCCCC1. The van der Waals surface area contributed by atoms with Gasteiger partial charge in [0, 0.05) is 25.7 Å². The van der Waals surface area contributed by atoms with Gasteiger partial charge in [0.25, 0.3) is 0 Å². The molecule has 1 N–H and O–H groups in total. The summed E-state index contributed by atoms with van der Waals surface area (Å²) in [5.74, 6) is 0.929. The normalized spacial score (nSPS) is 30.4. The van der Waals surface area contributed by atoms with Gasteiger partial charge >= 0.3 is 0 Å². The third kappa shape index (κ3) is 3.69. The van der Waals surface area contributed by atoms with Gasteiger partial charge in [-0.25, -0.2) is 0 Å². The summed E-state index contributed by atoms with van der Waals surface area (Å²) in [6.45, 7) is 7.00. The van der Waals surface area contributed by atoms with Crippen LogP contribution in [-0.4, -0.2) is 61.5 Å². The van der Waals surface area contributed by atoms with Crippen molar-refractivity contribution in [2.24, 2.45) is 5.92 Å². The quantitative estimate of drug-likeness (QED) is 0.813. The maximum Gasteiger partial charge on any atom is 0.236 e. The number of nitrogens with one attached hydrogen (secondary N) is 1. The number of amides is 1. The average Bonchev–Trinajstić information content (AvgIpc) is 2.38. The first-order valence-corrected chi connectivity index (χ1v) is 7.36. The van der Waals surface area contributed by atoms with E-state index >= 15 is 0 Å². The van der Waals surface area contributed by atoms with E-state index in [-0.39, 0.29) is 0 Å². The first-order chi connectivity index (χ1) is 8.66. The molecule has 0 bridgehead atoms. The van der Waals surface area contributed by atoms with Crippen LogP contribution in [0, 0.1) is 5.92 Å². The fourth-order valence-corrected chi connectivity index (χ4v) is 3.13. The van der Waals surface area contributed by atoms with Crippen LogP contribution >= 0.6 is 0 Å². The highest BCUT2D eigenvalue weighted by Crippen LogP contribution is 2.15. The third-order valence-corrected chi connectivity index (χ3v) is 4.33. The summed E-state index contributed by atoms with van der Waals surface area (Å²) in [5, 5.41) is 3.47. The second-order valence-electron chi connectivity index (χ2n) is 5.96. The van der Waals surface area contributed by atoms with Crippen molar-refractivity contribution in [2.75, 3.05) is 39.8 Å². The Labute approximate surface area is 111 Å². The Kier molecular flexibility index (Phi) is 5.01. The van der Waals surface area contributed by atoms with Crippen LogP contribution in [0.15, 0.2) is 0 Å². The molecule has 104 valence electrons. The number of nitrogens with zero attached hydrogens (tertiary/aromatic N) is 2. The number of likely N-dealkylation sites (tertiary alicyclic amines) is 2. The third-order valence-electron chi connectivity index (χ3n) is 4.33. The van der Waals surface area contributed by atoms with Crippen molar-refractivity contribution in [3.8, 4) is 0 Å². The van der Waals surface area contributed by atoms with E-state index in [9.17, 15) is 4.79 Å². The molecule has 2 saturated heterocycles. The largest absolute Gasteiger partial charge is 0.342 e. The van der Waals surface area contributed by atoms with Crippen LogP contribution in [0.5, 0.6) is 0 Å². The van der Waals surface area contributed by atoms with E-state index in [1.54, 1.807) is 0 Å². The molecule has 2 aliphatic heterocycles. The maximum absolute atomic E-state index is 12.1. The second kappa shape index (κ2) is 6.53. The minimum Gasteiger partial charge on any atom is -0.342 e. The highest BCUT2D eigenvalue weighted by molar-refractivity contribution is 5.78. The highest BCUT2D eigenvalue weighted by Gasteiger charge is 2.25. The molecule has 18 heavy (non-hydrogen) atoms. The van der Waals surface area contributed by atoms with Crippen molar-refractivity contribution in [3.63, 3.8) is 0 Å². The molecule has 1 amide bonds. The number of piperidine rings is 2. The lowest BCUT2D eigenvalue weighted by molar-refractivity contribution is -0.131. The van der Waals surface area contributed by atoms with Crippen LogP contribution in [0.1, 0.15) is 32.6 Å². The molecule has 0 aromatic heterocycles. The minimum atomic E-state index is 0.292. The number of carbonyl (C=O) groups is 1. The molecule has 4 nitrogen and oxygen atoms in total. The molecular weight excluding hydrogens is 226 g/mol. The molecule has 0 spiro atoms. The van der Waals surface area contributed by atoms with E-state index in [1.165, 1.54) is 19.3 Å². The van der Waals surface area contributed by atoms with E-state index in [0.717, 1.165) is 32.6 Å². The van der Waals surface area contributed by atoms with Crippen molar-refractivity contribution in [2.45, 2.75) is 38.6 Å². The lowest BCUT2D eigenvalue weighted by Gasteiger charge is -2.36. The number of rotatable bonds is 3. The van der Waals surface area contributed by atoms with Gasteiger partial charge in [-0.05, 0) is 45.2 Å². The first kappa shape index (κ1) is 13.8. The van der Waals surface area contributed by atoms with Gasteiger partial charge in [0.05, 0.1) is 6.54 Å². The zero-order valence-electron chi connectivity index (χ0n) is 11.8. The van der Waals surface area contributed by atoms with Crippen LogP contribution in [0.3, 0.4) is 0 Å². The van der Waals surface area contributed by atoms with Crippen molar-refractivity contribution in [1.29, 1.82) is 0 Å². The van der Waals surface area contributed by atoms with Gasteiger partial charge < -0.3 is 15.1 Å². The summed E-state index contributed by atoms with van der Waals surface area (Å²) in [5.41, 5.74) is 0. The van der Waals surface area contributed by atoms with E-state index in [4.69, 9.17) is 0 Å². The van der Waals surface area contributed by atoms with E-state index < -0.39 is 0 Å². The first-order valence-electron chi connectivity index (χ1n) is 7.36. The summed E-state index contributed by atoms with van der Waals surface area (Å²) in [6.07, 6.45) is 4.79. The molecule has 0 aliphatic carbocycles. The van der Waals surface area contributed by atoms with E-state index in [0.29, 0.717) is 24.4 Å². The van der Waals surface area contributed by atoms with Gasteiger partial charge in [0.2, 0.25) is 5.91 Å². The number of carbonyl (C=O) groups excluding carboxylic acids is 1. The smallest absolute Gasteiger partial charge is 0.236 e. The lowest BCUT2D eigenvalue weighted by Crippen LogP contribution is -2.50. The Hall–Kier alpha value is -0.610. The Bertz CT molecular complexity index is 276. The van der Waals surface area contributed by atoms with Crippen LogP contribution in [0.2, 0.25) is 0 Å². The van der Waals surface area contributed by atoms with Crippen molar-refractivity contribution in [3.05, 3.63) is 0 Å². The summed E-state index contributed by atoms with van der Waals surface area (Å²) >= 11 is 0. The number of hydrogen-bond donors (Lipinski definition) is 1. The van der Waals surface area contributed by atoms with Crippen LogP contribution < -0.4 is 5.32 Å².